The molecule has 1 N–H and O–H groups in total. The van der Waals surface area contributed by atoms with Crippen LogP contribution in [0.15, 0.2) is 6.07 Å². The van der Waals surface area contributed by atoms with Crippen LogP contribution >= 0.6 is 11.3 Å². The van der Waals surface area contributed by atoms with Gasteiger partial charge in [-0.1, -0.05) is 0 Å². The third-order valence-corrected chi connectivity index (χ3v) is 6.47. The summed E-state index contributed by atoms with van der Waals surface area (Å²) in [4.78, 5) is 24.4. The average molecular weight is 347 g/mol. The number of likely N-dealkylation sites (tertiary alicyclic amines) is 1. The van der Waals surface area contributed by atoms with Crippen molar-refractivity contribution in [1.82, 2.24) is 19.7 Å². The predicted octanol–water partition coefficient (Wildman–Crippen LogP) is 2.52. The number of fused-ring (bicyclic) bond motifs is 1. The van der Waals surface area contributed by atoms with Gasteiger partial charge >= 0.3 is 0 Å². The van der Waals surface area contributed by atoms with Gasteiger partial charge in [-0.05, 0) is 46.0 Å². The van der Waals surface area contributed by atoms with E-state index in [2.05, 4.69) is 34.8 Å². The van der Waals surface area contributed by atoms with E-state index in [0.717, 1.165) is 38.4 Å². The van der Waals surface area contributed by atoms with Gasteiger partial charge in [0.1, 0.15) is 5.69 Å². The Morgan fingerprint density at radius 2 is 1.88 bits per heavy atom. The van der Waals surface area contributed by atoms with Crippen molar-refractivity contribution in [1.29, 1.82) is 0 Å². The lowest BCUT2D eigenvalue weighted by Crippen LogP contribution is -2.47. The summed E-state index contributed by atoms with van der Waals surface area (Å²) < 4.78 is 1.22. The number of aromatic amines is 1. The molecule has 0 unspecified atom stereocenters. The van der Waals surface area contributed by atoms with Crippen molar-refractivity contribution in [2.45, 2.75) is 26.3 Å². The van der Waals surface area contributed by atoms with Gasteiger partial charge in [0.15, 0.2) is 0 Å². The van der Waals surface area contributed by atoms with Crippen LogP contribution in [-0.4, -0.2) is 71.9 Å². The molecule has 4 rings (SSSR count). The number of amides is 1. The first-order chi connectivity index (χ1) is 11.6. The number of aryl methyl sites for hydroxylation is 1. The van der Waals surface area contributed by atoms with Crippen molar-refractivity contribution < 1.29 is 4.79 Å². The summed E-state index contributed by atoms with van der Waals surface area (Å²) in [6.45, 7) is 9.17. The van der Waals surface area contributed by atoms with Gasteiger partial charge in [-0.3, -0.25) is 9.69 Å². The van der Waals surface area contributed by atoms with E-state index in [1.165, 1.54) is 46.6 Å². The number of H-pyrrole nitrogens is 1. The summed E-state index contributed by atoms with van der Waals surface area (Å²) in [6, 6.07) is 2.06. The molecule has 0 bridgehead atoms. The number of carbonyl (C=O) groups excluding carboxylic acids is 1. The smallest absolute Gasteiger partial charge is 0.270 e. The second-order valence-electron chi connectivity index (χ2n) is 7.14. The highest BCUT2D eigenvalue weighted by atomic mass is 32.1. The highest BCUT2D eigenvalue weighted by Gasteiger charge is 2.24. The zero-order valence-corrected chi connectivity index (χ0v) is 15.4. The Kier molecular flexibility index (Phi) is 4.37. The maximum Gasteiger partial charge on any atom is 0.270 e. The first-order valence-electron chi connectivity index (χ1n) is 8.93. The maximum absolute atomic E-state index is 12.8. The number of rotatable bonds is 3. The van der Waals surface area contributed by atoms with Gasteiger partial charge < -0.3 is 14.8 Å². The van der Waals surface area contributed by atoms with E-state index in [4.69, 9.17) is 0 Å². The van der Waals surface area contributed by atoms with E-state index < -0.39 is 0 Å². The molecule has 2 aliphatic heterocycles. The Morgan fingerprint density at radius 1 is 1.17 bits per heavy atom. The molecule has 1 amide bonds. The SMILES string of the molecule is Cc1sc2cc(C(=O)N3CCN(C)CC3)[nH]c2c1CN1CCCC1. The van der Waals surface area contributed by atoms with Crippen LogP contribution in [0.1, 0.15) is 33.8 Å². The third kappa shape index (κ3) is 2.98. The van der Waals surface area contributed by atoms with Crippen molar-refractivity contribution in [3.05, 3.63) is 22.2 Å². The summed E-state index contributed by atoms with van der Waals surface area (Å²) in [6.07, 6.45) is 2.62. The van der Waals surface area contributed by atoms with E-state index in [-0.39, 0.29) is 5.91 Å². The minimum absolute atomic E-state index is 0.149. The minimum Gasteiger partial charge on any atom is -0.350 e. The standard InChI is InChI=1S/C18H26N4OS/c1-13-14(12-21-5-3-4-6-21)17-16(24-13)11-15(19-17)18(23)22-9-7-20(2)8-10-22/h11,19H,3-10,12H2,1-2H3. The third-order valence-electron chi connectivity index (χ3n) is 5.37. The second kappa shape index (κ2) is 6.50. The van der Waals surface area contributed by atoms with Gasteiger partial charge in [-0.2, -0.15) is 0 Å². The summed E-state index contributed by atoms with van der Waals surface area (Å²) in [5, 5.41) is 0. The number of thiophene rings is 1. The zero-order chi connectivity index (χ0) is 16.7. The second-order valence-corrected chi connectivity index (χ2v) is 8.39. The molecule has 0 spiro atoms. The van der Waals surface area contributed by atoms with Gasteiger partial charge in [0.05, 0.1) is 10.2 Å². The number of hydrogen-bond donors (Lipinski definition) is 1. The number of piperazine rings is 1. The Morgan fingerprint density at radius 3 is 2.58 bits per heavy atom. The summed E-state index contributed by atoms with van der Waals surface area (Å²) in [7, 11) is 2.11. The first-order valence-corrected chi connectivity index (χ1v) is 9.74. The van der Waals surface area contributed by atoms with Crippen LogP contribution in [0.4, 0.5) is 0 Å². The molecule has 2 fully saturated rings. The average Bonchev–Trinajstić information content (AvgIpc) is 3.27. The van der Waals surface area contributed by atoms with Gasteiger partial charge in [-0.25, -0.2) is 0 Å². The van der Waals surface area contributed by atoms with E-state index in [1.54, 1.807) is 0 Å². The molecule has 6 heteroatoms. The molecule has 0 aliphatic carbocycles. The topological polar surface area (TPSA) is 42.6 Å². The normalized spacial score (nSPS) is 20.3. The summed E-state index contributed by atoms with van der Waals surface area (Å²) >= 11 is 1.81. The Bertz CT molecular complexity index is 736. The molecule has 0 saturated carbocycles. The molecule has 0 radical (unpaired) electrons. The lowest BCUT2D eigenvalue weighted by Gasteiger charge is -2.32. The maximum atomic E-state index is 12.8. The van der Waals surface area contributed by atoms with Crippen LogP contribution in [0.2, 0.25) is 0 Å². The molecule has 24 heavy (non-hydrogen) atoms. The van der Waals surface area contributed by atoms with Crippen molar-refractivity contribution in [2.24, 2.45) is 0 Å². The van der Waals surface area contributed by atoms with Gasteiger partial charge in [-0.15, -0.1) is 11.3 Å². The van der Waals surface area contributed by atoms with Crippen LogP contribution in [0.25, 0.3) is 10.2 Å². The monoisotopic (exact) mass is 346 g/mol. The van der Waals surface area contributed by atoms with Gasteiger partial charge in [0, 0.05) is 43.2 Å². The van der Waals surface area contributed by atoms with Crippen LogP contribution < -0.4 is 0 Å². The number of hydrogen-bond acceptors (Lipinski definition) is 4. The number of carbonyl (C=O) groups is 1. The first kappa shape index (κ1) is 16.1. The highest BCUT2D eigenvalue weighted by Crippen LogP contribution is 2.33. The molecule has 0 atom stereocenters. The molecule has 2 saturated heterocycles. The molecule has 2 aromatic heterocycles. The van der Waals surface area contributed by atoms with E-state index in [9.17, 15) is 4.79 Å². The molecule has 2 aromatic rings. The highest BCUT2D eigenvalue weighted by molar-refractivity contribution is 7.19. The molecule has 2 aliphatic rings. The Labute approximate surface area is 147 Å². The van der Waals surface area contributed by atoms with Crippen LogP contribution in [-0.2, 0) is 6.54 Å². The van der Waals surface area contributed by atoms with E-state index >= 15 is 0 Å². The molecule has 5 nitrogen and oxygen atoms in total. The lowest BCUT2D eigenvalue weighted by molar-refractivity contribution is 0.0659. The number of aromatic nitrogens is 1. The zero-order valence-electron chi connectivity index (χ0n) is 14.6. The fraction of sp³-hybridized carbons (Fsp3) is 0.611. The molecule has 4 heterocycles. The quantitative estimate of drug-likeness (QED) is 0.929. The number of likely N-dealkylation sites (N-methyl/N-ethyl adjacent to an activating group) is 1. The van der Waals surface area contributed by atoms with Crippen molar-refractivity contribution in [3.63, 3.8) is 0 Å². The molecular weight excluding hydrogens is 320 g/mol. The van der Waals surface area contributed by atoms with Crippen molar-refractivity contribution in [2.75, 3.05) is 46.3 Å². The van der Waals surface area contributed by atoms with Crippen LogP contribution in [0.5, 0.6) is 0 Å². The predicted molar refractivity (Wildman–Crippen MR) is 98.8 cm³/mol. The summed E-state index contributed by atoms with van der Waals surface area (Å²) in [5.74, 6) is 0.149. The fourth-order valence-corrected chi connectivity index (χ4v) is 4.87. The van der Waals surface area contributed by atoms with E-state index in [1.807, 2.05) is 16.2 Å². The molecule has 0 aromatic carbocycles. The minimum atomic E-state index is 0.149. The number of nitrogens with zero attached hydrogens (tertiary/aromatic N) is 3. The number of nitrogens with one attached hydrogen (secondary N) is 1. The fourth-order valence-electron chi connectivity index (χ4n) is 3.79. The Hall–Kier alpha value is -1.37. The summed E-state index contributed by atoms with van der Waals surface area (Å²) in [5.41, 5.74) is 3.32. The molecular formula is C18H26N4OS. The van der Waals surface area contributed by atoms with E-state index in [0.29, 0.717) is 0 Å². The van der Waals surface area contributed by atoms with Gasteiger partial charge in [0.25, 0.3) is 5.91 Å². The molecule has 130 valence electrons. The van der Waals surface area contributed by atoms with Gasteiger partial charge in [0.2, 0.25) is 0 Å². The lowest BCUT2D eigenvalue weighted by atomic mass is 10.2. The largest absolute Gasteiger partial charge is 0.350 e. The Balaban J connectivity index is 1.56. The van der Waals surface area contributed by atoms with Crippen molar-refractivity contribution in [3.8, 4) is 0 Å². The van der Waals surface area contributed by atoms with Crippen LogP contribution in [0.3, 0.4) is 0 Å². The van der Waals surface area contributed by atoms with Crippen molar-refractivity contribution >= 4 is 27.5 Å². The van der Waals surface area contributed by atoms with Crippen LogP contribution in [0, 0.1) is 6.92 Å².